The Morgan fingerprint density at radius 2 is 1.68 bits per heavy atom. The fourth-order valence-corrected chi connectivity index (χ4v) is 6.07. The first-order valence-corrected chi connectivity index (χ1v) is 16.0. The first kappa shape index (κ1) is 31.2. The Morgan fingerprint density at radius 3 is 2.20 bits per heavy atom. The zero-order chi connectivity index (χ0) is 29.8. The molecule has 11 heteroatoms. The molecular formula is C30H44N3O7S+. The maximum atomic E-state index is 9.19. The molecule has 0 spiro atoms. The van der Waals surface area contributed by atoms with E-state index in [1.807, 2.05) is 12.1 Å². The number of nitrogens with zero attached hydrogens (tertiary/aromatic N) is 3. The molecule has 1 saturated heterocycles. The molecule has 0 amide bonds. The number of fused-ring (bicyclic) bond motifs is 1. The van der Waals surface area contributed by atoms with Crippen LogP contribution < -0.4 is 14.0 Å². The van der Waals surface area contributed by atoms with E-state index < -0.39 is 10.1 Å². The summed E-state index contributed by atoms with van der Waals surface area (Å²) in [5.74, 6) is 2.31. The van der Waals surface area contributed by atoms with Gasteiger partial charge in [0.1, 0.15) is 22.7 Å². The van der Waals surface area contributed by atoms with Crippen LogP contribution in [0.2, 0.25) is 0 Å². The number of pyridine rings is 1. The van der Waals surface area contributed by atoms with Gasteiger partial charge in [0.2, 0.25) is 0 Å². The van der Waals surface area contributed by atoms with Crippen molar-refractivity contribution >= 4 is 21.3 Å². The third-order valence-corrected chi connectivity index (χ3v) is 8.01. The van der Waals surface area contributed by atoms with Gasteiger partial charge in [-0.05, 0) is 49.1 Å². The molecule has 0 bridgehead atoms. The number of quaternary nitrogens is 1. The van der Waals surface area contributed by atoms with E-state index in [9.17, 15) is 8.42 Å². The molecule has 0 radical (unpaired) electrons. The summed E-state index contributed by atoms with van der Waals surface area (Å²) in [6.45, 7) is 5.57. The van der Waals surface area contributed by atoms with Crippen molar-refractivity contribution in [2.75, 3.05) is 54.4 Å². The molecule has 5 rings (SSSR count). The fourth-order valence-electron chi connectivity index (χ4n) is 6.07. The van der Waals surface area contributed by atoms with E-state index in [4.69, 9.17) is 28.6 Å². The molecule has 1 aliphatic carbocycles. The second-order valence-electron chi connectivity index (χ2n) is 11.1. The number of aromatic nitrogens is 2. The molecule has 2 aliphatic rings. The van der Waals surface area contributed by atoms with Crippen molar-refractivity contribution in [2.45, 2.75) is 51.7 Å². The predicted octanol–water partition coefficient (Wildman–Crippen LogP) is 4.76. The standard InChI is InChI=1S/C29H40N3O4.CH4O3S/c1-6-23-29(32(2,18-20-10-11-20)22-12-14-36-15-13-22)25-9-7-8-24(31(25)30-23)28-26(34-4)16-21(19-33-3)17-27(28)35-5;1-5(2,3)4/h7-9,16-17,20,22H,6,10-15,18-19H2,1-5H3;1H3,(H,2,3,4)/q+1;. The molecule has 2 aromatic heterocycles. The zero-order valence-corrected chi connectivity index (χ0v) is 25.9. The van der Waals surface area contributed by atoms with Crippen molar-refractivity contribution in [1.29, 1.82) is 0 Å². The lowest BCUT2D eigenvalue weighted by Gasteiger charge is -2.43. The van der Waals surface area contributed by atoms with E-state index in [0.717, 1.165) is 71.2 Å². The summed E-state index contributed by atoms with van der Waals surface area (Å²) in [7, 11) is 3.88. The van der Waals surface area contributed by atoms with Gasteiger partial charge in [0, 0.05) is 25.9 Å². The topological polar surface area (TPSA) is 109 Å². The van der Waals surface area contributed by atoms with Crippen molar-refractivity contribution < 1.29 is 31.9 Å². The number of benzene rings is 1. The van der Waals surface area contributed by atoms with Crippen LogP contribution >= 0.6 is 0 Å². The van der Waals surface area contributed by atoms with Crippen molar-refractivity contribution in [3.8, 4) is 22.8 Å². The monoisotopic (exact) mass is 590 g/mol. The van der Waals surface area contributed by atoms with Crippen LogP contribution in [-0.4, -0.2) is 83.0 Å². The lowest BCUT2D eigenvalue weighted by Crippen LogP contribution is -2.57. The summed E-state index contributed by atoms with van der Waals surface area (Å²) in [6, 6.07) is 11.1. The van der Waals surface area contributed by atoms with E-state index in [1.165, 1.54) is 36.3 Å². The quantitative estimate of drug-likeness (QED) is 0.266. The molecule has 226 valence electrons. The van der Waals surface area contributed by atoms with Gasteiger partial charge in [-0.15, -0.1) is 0 Å². The van der Waals surface area contributed by atoms with Crippen molar-refractivity contribution in [2.24, 2.45) is 5.92 Å². The molecule has 3 aromatic rings. The highest BCUT2D eigenvalue weighted by atomic mass is 32.2. The number of rotatable bonds is 10. The van der Waals surface area contributed by atoms with E-state index in [-0.39, 0.29) is 0 Å². The first-order valence-electron chi connectivity index (χ1n) is 14.1. The summed E-state index contributed by atoms with van der Waals surface area (Å²) in [5, 5.41) is 5.24. The normalized spacial score (nSPS) is 17.5. The van der Waals surface area contributed by atoms with Crippen molar-refractivity contribution in [3.63, 3.8) is 0 Å². The Balaban J connectivity index is 0.000000714. The lowest BCUT2D eigenvalue weighted by molar-refractivity contribution is 0.0436. The summed E-state index contributed by atoms with van der Waals surface area (Å²) >= 11 is 0. The van der Waals surface area contributed by atoms with Crippen LogP contribution in [0, 0.1) is 5.92 Å². The second kappa shape index (κ2) is 13.1. The van der Waals surface area contributed by atoms with Gasteiger partial charge >= 0.3 is 0 Å². The average Bonchev–Trinajstić information content (AvgIpc) is 3.67. The van der Waals surface area contributed by atoms with Crippen LogP contribution in [0.15, 0.2) is 30.3 Å². The number of aryl methyl sites for hydroxylation is 1. The summed E-state index contributed by atoms with van der Waals surface area (Å²) in [6.07, 6.45) is 6.46. The van der Waals surface area contributed by atoms with E-state index in [1.54, 1.807) is 21.3 Å². The van der Waals surface area contributed by atoms with Gasteiger partial charge in [0.25, 0.3) is 10.1 Å². The molecular weight excluding hydrogens is 546 g/mol. The second-order valence-corrected chi connectivity index (χ2v) is 12.6. The van der Waals surface area contributed by atoms with Crippen LogP contribution in [0.4, 0.5) is 5.69 Å². The highest BCUT2D eigenvalue weighted by molar-refractivity contribution is 7.85. The Bertz CT molecular complexity index is 1410. The molecule has 1 aliphatic heterocycles. The lowest BCUT2D eigenvalue weighted by atomic mass is 10.0. The van der Waals surface area contributed by atoms with Crippen LogP contribution in [0.1, 0.15) is 43.9 Å². The van der Waals surface area contributed by atoms with Gasteiger partial charge in [-0.25, -0.2) is 4.52 Å². The molecule has 1 aromatic carbocycles. The SMILES string of the molecule is CCc1nn2c(-c3c(OC)cc(COC)cc3OC)cccc2c1[N+](C)(CC1CC1)C1CCOCC1.CS(=O)(=O)O. The van der Waals surface area contributed by atoms with Crippen LogP contribution in [-0.2, 0) is 32.6 Å². The van der Waals surface area contributed by atoms with Gasteiger partial charge in [0.05, 0.1) is 71.2 Å². The zero-order valence-electron chi connectivity index (χ0n) is 25.1. The van der Waals surface area contributed by atoms with Crippen molar-refractivity contribution in [1.82, 2.24) is 14.1 Å². The molecule has 1 N–H and O–H groups in total. The van der Waals surface area contributed by atoms with E-state index >= 15 is 0 Å². The van der Waals surface area contributed by atoms with E-state index in [0.29, 0.717) is 18.9 Å². The highest BCUT2D eigenvalue weighted by Gasteiger charge is 2.44. The summed E-state index contributed by atoms with van der Waals surface area (Å²) < 4.78 is 51.8. The maximum absolute atomic E-state index is 9.19. The smallest absolute Gasteiger partial charge is 0.261 e. The minimum atomic E-state index is -3.67. The molecule has 10 nitrogen and oxygen atoms in total. The van der Waals surface area contributed by atoms with Gasteiger partial charge in [-0.3, -0.25) is 9.04 Å². The van der Waals surface area contributed by atoms with E-state index in [2.05, 4.69) is 36.7 Å². The van der Waals surface area contributed by atoms with Crippen LogP contribution in [0.5, 0.6) is 11.5 Å². The van der Waals surface area contributed by atoms with Gasteiger partial charge < -0.3 is 18.9 Å². The molecule has 2 fully saturated rings. The third-order valence-electron chi connectivity index (χ3n) is 8.01. The van der Waals surface area contributed by atoms with Crippen LogP contribution in [0.3, 0.4) is 0 Å². The molecule has 3 heterocycles. The fraction of sp³-hybridized carbons (Fsp3) is 0.567. The molecule has 1 unspecified atom stereocenters. The minimum Gasteiger partial charge on any atom is -0.496 e. The predicted molar refractivity (Wildman–Crippen MR) is 160 cm³/mol. The average molecular weight is 591 g/mol. The van der Waals surface area contributed by atoms with Crippen molar-refractivity contribution in [3.05, 3.63) is 41.6 Å². The Morgan fingerprint density at radius 1 is 1.07 bits per heavy atom. The molecule has 1 saturated carbocycles. The van der Waals surface area contributed by atoms with Gasteiger partial charge in [-0.1, -0.05) is 13.0 Å². The number of methoxy groups -OCH3 is 3. The number of hydrogen-bond donors (Lipinski definition) is 1. The number of ether oxygens (including phenoxy) is 4. The largest absolute Gasteiger partial charge is 0.496 e. The van der Waals surface area contributed by atoms with Gasteiger partial charge in [0.15, 0.2) is 5.69 Å². The molecule has 41 heavy (non-hydrogen) atoms. The maximum Gasteiger partial charge on any atom is 0.261 e. The Labute approximate surface area is 243 Å². The summed E-state index contributed by atoms with van der Waals surface area (Å²) in [5.41, 5.74) is 6.59. The Hall–Kier alpha value is -2.70. The highest BCUT2D eigenvalue weighted by Crippen LogP contribution is 2.45. The van der Waals surface area contributed by atoms with Gasteiger partial charge in [-0.2, -0.15) is 13.5 Å². The molecule has 1 atom stereocenters. The Kier molecular flexibility index (Phi) is 9.97. The van der Waals surface area contributed by atoms with Crippen LogP contribution in [0.25, 0.3) is 16.8 Å². The minimum absolute atomic E-state index is 0.491. The third kappa shape index (κ3) is 7.21. The summed E-state index contributed by atoms with van der Waals surface area (Å²) in [4.78, 5) is 0. The number of hydrogen-bond acceptors (Lipinski definition) is 7. The first-order chi connectivity index (χ1) is 19.5.